The second kappa shape index (κ2) is 6.96. The normalized spacial score (nSPS) is 18.4. The third-order valence-electron chi connectivity index (χ3n) is 4.94. The van der Waals surface area contributed by atoms with Crippen LogP contribution in [0.3, 0.4) is 0 Å². The smallest absolute Gasteiger partial charge is 0.152 e. The first-order valence-corrected chi connectivity index (χ1v) is 8.27. The van der Waals surface area contributed by atoms with Crippen molar-refractivity contribution in [1.82, 2.24) is 15.5 Å². The number of nitrogens with zero attached hydrogens (tertiary/aromatic N) is 2. The molecular weight excluding hydrogens is 345 g/mol. The van der Waals surface area contributed by atoms with Crippen LogP contribution < -0.4 is 5.32 Å². The third-order valence-corrected chi connectivity index (χ3v) is 5.13. The predicted octanol–water partition coefficient (Wildman–Crippen LogP) is 3.52. The molecule has 0 bridgehead atoms. The van der Waals surface area contributed by atoms with Gasteiger partial charge in [-0.1, -0.05) is 56.6 Å². The number of nitrogens with one attached hydrogen (secondary N) is 1. The van der Waals surface area contributed by atoms with E-state index in [1.54, 1.807) is 12.3 Å². The van der Waals surface area contributed by atoms with Crippen molar-refractivity contribution in [3.05, 3.63) is 58.4 Å². The van der Waals surface area contributed by atoms with E-state index in [1.807, 2.05) is 12.1 Å². The topological polar surface area (TPSA) is 58.0 Å². The lowest BCUT2D eigenvalue weighted by molar-refractivity contribution is -0.0770. The van der Waals surface area contributed by atoms with Crippen LogP contribution >= 0.6 is 24.0 Å². The molecule has 4 nitrogen and oxygen atoms in total. The number of hydrogen-bond acceptors (Lipinski definition) is 4. The molecule has 1 fully saturated rings. The highest BCUT2D eigenvalue weighted by Crippen LogP contribution is 2.47. The van der Waals surface area contributed by atoms with Crippen molar-refractivity contribution in [2.24, 2.45) is 5.41 Å². The highest BCUT2D eigenvalue weighted by Gasteiger charge is 2.53. The first-order chi connectivity index (χ1) is 10.9. The van der Waals surface area contributed by atoms with Crippen molar-refractivity contribution in [3.63, 3.8) is 0 Å². The summed E-state index contributed by atoms with van der Waals surface area (Å²) in [6, 6.07) is 9.88. The molecule has 0 amide bonds. The molecule has 2 heterocycles. The molecule has 1 aromatic heterocycles. The molecule has 0 unspecified atom stereocenters. The van der Waals surface area contributed by atoms with Gasteiger partial charge in [0.25, 0.3) is 0 Å². The van der Waals surface area contributed by atoms with E-state index in [4.69, 9.17) is 11.6 Å². The molecule has 2 N–H and O–H groups in total. The van der Waals surface area contributed by atoms with E-state index in [-0.39, 0.29) is 23.0 Å². The number of aromatic nitrogens is 2. The van der Waals surface area contributed by atoms with Gasteiger partial charge in [-0.05, 0) is 23.1 Å². The molecular formula is C18H23Cl2N3O. The number of hydrogen-bond donors (Lipinski definition) is 2. The first-order valence-electron chi connectivity index (χ1n) is 7.89. The molecule has 0 aliphatic carbocycles. The Morgan fingerprint density at radius 2 is 1.83 bits per heavy atom. The fourth-order valence-electron chi connectivity index (χ4n) is 3.27. The minimum absolute atomic E-state index is 0. The summed E-state index contributed by atoms with van der Waals surface area (Å²) in [5.74, 6) is 0.454. The van der Waals surface area contributed by atoms with Gasteiger partial charge in [0.15, 0.2) is 5.15 Å². The minimum Gasteiger partial charge on any atom is -0.380 e. The third kappa shape index (κ3) is 3.04. The van der Waals surface area contributed by atoms with Gasteiger partial charge in [-0.15, -0.1) is 17.5 Å². The van der Waals surface area contributed by atoms with Crippen LogP contribution in [0.15, 0.2) is 36.5 Å². The number of halogens is 2. The summed E-state index contributed by atoms with van der Waals surface area (Å²) >= 11 is 6.02. The fraction of sp³-hybridized carbons (Fsp3) is 0.444. The molecule has 0 spiro atoms. The largest absolute Gasteiger partial charge is 0.380 e. The van der Waals surface area contributed by atoms with E-state index in [1.165, 1.54) is 5.56 Å². The summed E-state index contributed by atoms with van der Waals surface area (Å²) in [6.45, 7) is 7.86. The molecule has 1 atom stereocenters. The van der Waals surface area contributed by atoms with Crippen LogP contribution in [0.2, 0.25) is 5.15 Å². The van der Waals surface area contributed by atoms with Crippen molar-refractivity contribution < 1.29 is 5.11 Å². The van der Waals surface area contributed by atoms with Gasteiger partial charge in [-0.3, -0.25) is 0 Å². The van der Waals surface area contributed by atoms with Gasteiger partial charge in [0.2, 0.25) is 0 Å². The Bertz CT molecular complexity index is 702. The number of aliphatic hydroxyl groups is 1. The maximum atomic E-state index is 11.7. The van der Waals surface area contributed by atoms with E-state index < -0.39 is 5.60 Å². The van der Waals surface area contributed by atoms with Gasteiger partial charge in [0, 0.05) is 24.1 Å². The average Bonchev–Trinajstić information content (AvgIpc) is 2.52. The molecule has 1 aliphatic rings. The zero-order valence-electron chi connectivity index (χ0n) is 14.1. The van der Waals surface area contributed by atoms with Crippen molar-refractivity contribution in [3.8, 4) is 0 Å². The summed E-state index contributed by atoms with van der Waals surface area (Å²) in [7, 11) is 0. The van der Waals surface area contributed by atoms with Gasteiger partial charge in [0.05, 0.1) is 6.20 Å². The minimum atomic E-state index is -1.16. The van der Waals surface area contributed by atoms with Crippen LogP contribution in [0.5, 0.6) is 0 Å². The van der Waals surface area contributed by atoms with Crippen LogP contribution in [0, 0.1) is 5.41 Å². The zero-order valence-corrected chi connectivity index (χ0v) is 15.7. The van der Waals surface area contributed by atoms with Crippen LogP contribution in [0.25, 0.3) is 0 Å². The van der Waals surface area contributed by atoms with Crippen molar-refractivity contribution in [1.29, 1.82) is 0 Å². The quantitative estimate of drug-likeness (QED) is 0.867. The average molecular weight is 368 g/mol. The van der Waals surface area contributed by atoms with Crippen LogP contribution in [0.1, 0.15) is 43.4 Å². The Morgan fingerprint density at radius 3 is 2.29 bits per heavy atom. The molecule has 24 heavy (non-hydrogen) atoms. The predicted molar refractivity (Wildman–Crippen MR) is 98.8 cm³/mol. The SMILES string of the molecule is CC(C)c1ccc([C@](O)(c2cnnc(Cl)c2)C2(C)CNC2)cc1.Cl. The number of rotatable bonds is 4. The van der Waals surface area contributed by atoms with Crippen LogP contribution in [-0.4, -0.2) is 28.4 Å². The standard InChI is InChI=1S/C18H22ClN3O.ClH/c1-12(2)13-4-6-14(7-5-13)18(23,17(3)10-20-11-17)15-8-16(19)22-21-9-15;/h4-9,12,20,23H,10-11H2,1-3H3;1H/t18-;/m0./s1. The van der Waals surface area contributed by atoms with Gasteiger partial charge in [0.1, 0.15) is 5.60 Å². The monoisotopic (exact) mass is 367 g/mol. The van der Waals surface area contributed by atoms with Crippen LogP contribution in [-0.2, 0) is 5.60 Å². The highest BCUT2D eigenvalue weighted by molar-refractivity contribution is 6.29. The van der Waals surface area contributed by atoms with Gasteiger partial charge < -0.3 is 10.4 Å². The lowest BCUT2D eigenvalue weighted by Gasteiger charge is -2.51. The summed E-state index contributed by atoms with van der Waals surface area (Å²) in [5.41, 5.74) is 1.30. The molecule has 130 valence electrons. The van der Waals surface area contributed by atoms with Crippen molar-refractivity contribution in [2.45, 2.75) is 32.3 Å². The summed E-state index contributed by atoms with van der Waals surface area (Å²) in [4.78, 5) is 0. The second-order valence-electron chi connectivity index (χ2n) is 6.92. The molecule has 0 saturated carbocycles. The zero-order chi connectivity index (χ0) is 16.7. The summed E-state index contributed by atoms with van der Waals surface area (Å²) < 4.78 is 0. The molecule has 0 radical (unpaired) electrons. The Hall–Kier alpha value is -1.20. The Labute approximate surface area is 154 Å². The van der Waals surface area contributed by atoms with E-state index in [9.17, 15) is 5.11 Å². The van der Waals surface area contributed by atoms with Crippen molar-refractivity contribution in [2.75, 3.05) is 13.1 Å². The summed E-state index contributed by atoms with van der Waals surface area (Å²) in [6.07, 6.45) is 1.60. The van der Waals surface area contributed by atoms with Crippen molar-refractivity contribution >= 4 is 24.0 Å². The molecule has 3 rings (SSSR count). The lowest BCUT2D eigenvalue weighted by Crippen LogP contribution is -2.63. The fourth-order valence-corrected chi connectivity index (χ4v) is 3.43. The molecule has 1 aromatic carbocycles. The molecule has 1 saturated heterocycles. The second-order valence-corrected chi connectivity index (χ2v) is 7.31. The van der Waals surface area contributed by atoms with Gasteiger partial charge in [-0.25, -0.2) is 0 Å². The van der Waals surface area contributed by atoms with E-state index in [2.05, 4.69) is 48.4 Å². The number of benzene rings is 1. The maximum absolute atomic E-state index is 11.7. The van der Waals surface area contributed by atoms with E-state index in [0.29, 0.717) is 11.5 Å². The Morgan fingerprint density at radius 1 is 1.21 bits per heavy atom. The first kappa shape index (κ1) is 19.1. The van der Waals surface area contributed by atoms with Gasteiger partial charge in [-0.2, -0.15) is 5.10 Å². The Balaban J connectivity index is 0.00000208. The summed E-state index contributed by atoms with van der Waals surface area (Å²) in [5, 5.41) is 23.0. The van der Waals surface area contributed by atoms with E-state index >= 15 is 0 Å². The molecule has 1 aliphatic heterocycles. The molecule has 6 heteroatoms. The van der Waals surface area contributed by atoms with Gasteiger partial charge >= 0.3 is 0 Å². The maximum Gasteiger partial charge on any atom is 0.152 e. The Kier molecular flexibility index (Phi) is 5.55. The highest BCUT2D eigenvalue weighted by atomic mass is 35.5. The lowest BCUT2D eigenvalue weighted by atomic mass is 9.63. The molecule has 2 aromatic rings. The van der Waals surface area contributed by atoms with E-state index in [0.717, 1.165) is 18.7 Å². The van der Waals surface area contributed by atoms with Crippen LogP contribution in [0.4, 0.5) is 0 Å².